The SMILES string of the molecule is Cl.N#CC[C@@H](N)c1cc(F)c(F)cc1F. The summed E-state index contributed by atoms with van der Waals surface area (Å²) in [5, 5.41) is 8.29. The molecular weight excluding hydrogens is 229 g/mol. The van der Waals surface area contributed by atoms with Crippen molar-refractivity contribution in [1.29, 1.82) is 5.26 Å². The van der Waals surface area contributed by atoms with Gasteiger partial charge in [0.05, 0.1) is 12.5 Å². The van der Waals surface area contributed by atoms with Gasteiger partial charge in [-0.1, -0.05) is 0 Å². The zero-order valence-corrected chi connectivity index (χ0v) is 8.32. The minimum Gasteiger partial charge on any atom is -0.323 e. The van der Waals surface area contributed by atoms with Crippen LogP contribution in [0.15, 0.2) is 12.1 Å². The Morgan fingerprint density at radius 1 is 1.20 bits per heavy atom. The van der Waals surface area contributed by atoms with Crippen LogP contribution < -0.4 is 5.73 Å². The number of hydrogen-bond donors (Lipinski definition) is 1. The molecule has 0 unspecified atom stereocenters. The first-order chi connectivity index (χ1) is 6.56. The Morgan fingerprint density at radius 2 is 1.73 bits per heavy atom. The lowest BCUT2D eigenvalue weighted by Gasteiger charge is -2.09. The molecule has 0 aliphatic carbocycles. The Balaban J connectivity index is 0.00000196. The molecule has 2 nitrogen and oxygen atoms in total. The van der Waals surface area contributed by atoms with Crippen molar-refractivity contribution in [3.8, 4) is 6.07 Å². The van der Waals surface area contributed by atoms with Crippen molar-refractivity contribution >= 4 is 12.4 Å². The zero-order valence-electron chi connectivity index (χ0n) is 7.51. The van der Waals surface area contributed by atoms with E-state index in [9.17, 15) is 13.2 Å². The van der Waals surface area contributed by atoms with Gasteiger partial charge in [0.15, 0.2) is 11.6 Å². The van der Waals surface area contributed by atoms with Crippen molar-refractivity contribution in [3.05, 3.63) is 35.1 Å². The van der Waals surface area contributed by atoms with Crippen molar-refractivity contribution in [2.75, 3.05) is 0 Å². The van der Waals surface area contributed by atoms with E-state index in [1.165, 1.54) is 0 Å². The quantitative estimate of drug-likeness (QED) is 0.802. The van der Waals surface area contributed by atoms with Crippen LogP contribution in [-0.2, 0) is 0 Å². The second-order valence-corrected chi connectivity index (χ2v) is 2.76. The maximum atomic E-state index is 13.0. The number of benzene rings is 1. The van der Waals surface area contributed by atoms with E-state index in [-0.39, 0.29) is 24.4 Å². The molecule has 82 valence electrons. The lowest BCUT2D eigenvalue weighted by molar-refractivity contribution is 0.485. The van der Waals surface area contributed by atoms with Crippen LogP contribution in [-0.4, -0.2) is 0 Å². The number of nitrogens with zero attached hydrogens (tertiary/aromatic N) is 1. The second kappa shape index (κ2) is 5.59. The summed E-state index contributed by atoms with van der Waals surface area (Å²) in [6, 6.07) is 1.88. The fourth-order valence-corrected chi connectivity index (χ4v) is 1.03. The van der Waals surface area contributed by atoms with Gasteiger partial charge < -0.3 is 5.73 Å². The average molecular weight is 237 g/mol. The summed E-state index contributed by atoms with van der Waals surface area (Å²) in [4.78, 5) is 0. The Kier molecular flexibility index (Phi) is 5.12. The van der Waals surface area contributed by atoms with E-state index < -0.39 is 23.5 Å². The normalized spacial score (nSPS) is 11.4. The van der Waals surface area contributed by atoms with Crippen LogP contribution in [0.3, 0.4) is 0 Å². The van der Waals surface area contributed by atoms with Gasteiger partial charge in [-0.15, -0.1) is 12.4 Å². The van der Waals surface area contributed by atoms with Crippen molar-refractivity contribution < 1.29 is 13.2 Å². The molecule has 0 fully saturated rings. The summed E-state index contributed by atoms with van der Waals surface area (Å²) in [7, 11) is 0. The number of nitriles is 1. The Hall–Kier alpha value is -1.25. The monoisotopic (exact) mass is 236 g/mol. The van der Waals surface area contributed by atoms with Crippen LogP contribution in [0.5, 0.6) is 0 Å². The van der Waals surface area contributed by atoms with Gasteiger partial charge in [0.1, 0.15) is 5.82 Å². The topological polar surface area (TPSA) is 49.8 Å². The van der Waals surface area contributed by atoms with Crippen molar-refractivity contribution in [2.24, 2.45) is 5.73 Å². The largest absolute Gasteiger partial charge is 0.323 e. The molecule has 0 aromatic heterocycles. The van der Waals surface area contributed by atoms with E-state index in [1.807, 2.05) is 0 Å². The Labute approximate surface area is 90.9 Å². The van der Waals surface area contributed by atoms with Gasteiger partial charge >= 0.3 is 0 Å². The minimum absolute atomic E-state index is 0. The van der Waals surface area contributed by atoms with Crippen LogP contribution in [0.1, 0.15) is 18.0 Å². The summed E-state index contributed by atoms with van der Waals surface area (Å²) < 4.78 is 38.2. The molecule has 6 heteroatoms. The Morgan fingerprint density at radius 3 is 2.27 bits per heavy atom. The van der Waals surface area contributed by atoms with Crippen LogP contribution in [0.4, 0.5) is 13.2 Å². The molecule has 2 N–H and O–H groups in total. The highest BCUT2D eigenvalue weighted by Gasteiger charge is 2.15. The Bertz CT molecular complexity index is 390. The molecule has 0 saturated carbocycles. The molecule has 1 aromatic carbocycles. The van der Waals surface area contributed by atoms with Crippen molar-refractivity contribution in [2.45, 2.75) is 12.5 Å². The molecule has 1 aromatic rings. The summed E-state index contributed by atoms with van der Waals surface area (Å²) >= 11 is 0. The molecule has 0 aliphatic heterocycles. The lowest BCUT2D eigenvalue weighted by atomic mass is 10.0. The molecule has 15 heavy (non-hydrogen) atoms. The predicted molar refractivity (Wildman–Crippen MR) is 50.7 cm³/mol. The fraction of sp³-hybridized carbons (Fsp3) is 0.222. The van der Waals surface area contributed by atoms with E-state index in [0.29, 0.717) is 12.1 Å². The predicted octanol–water partition coefficient (Wildman–Crippen LogP) is 2.44. The van der Waals surface area contributed by atoms with E-state index >= 15 is 0 Å². The third-order valence-corrected chi connectivity index (χ3v) is 1.75. The lowest BCUT2D eigenvalue weighted by Crippen LogP contribution is -2.12. The fourth-order valence-electron chi connectivity index (χ4n) is 1.03. The molecule has 0 aliphatic rings. The number of halogens is 4. The second-order valence-electron chi connectivity index (χ2n) is 2.76. The van der Waals surface area contributed by atoms with Gasteiger partial charge in [0.2, 0.25) is 0 Å². The first-order valence-electron chi connectivity index (χ1n) is 3.83. The molecule has 1 rings (SSSR count). The van der Waals surface area contributed by atoms with Crippen molar-refractivity contribution in [1.82, 2.24) is 0 Å². The molecular formula is C9H8ClF3N2. The first kappa shape index (κ1) is 13.8. The first-order valence-corrected chi connectivity index (χ1v) is 3.83. The highest BCUT2D eigenvalue weighted by Crippen LogP contribution is 2.20. The summed E-state index contributed by atoms with van der Waals surface area (Å²) in [6.07, 6.45) is -0.151. The zero-order chi connectivity index (χ0) is 10.7. The van der Waals surface area contributed by atoms with Gasteiger partial charge in [0, 0.05) is 17.7 Å². The highest BCUT2D eigenvalue weighted by molar-refractivity contribution is 5.85. The molecule has 0 bridgehead atoms. The van der Waals surface area contributed by atoms with Crippen LogP contribution >= 0.6 is 12.4 Å². The minimum atomic E-state index is -1.27. The highest BCUT2D eigenvalue weighted by atomic mass is 35.5. The van der Waals surface area contributed by atoms with Crippen LogP contribution in [0.25, 0.3) is 0 Å². The number of nitrogens with two attached hydrogens (primary N) is 1. The van der Waals surface area contributed by atoms with E-state index in [4.69, 9.17) is 11.0 Å². The maximum Gasteiger partial charge on any atom is 0.161 e. The van der Waals surface area contributed by atoms with Gasteiger partial charge in [-0.3, -0.25) is 0 Å². The third kappa shape index (κ3) is 3.11. The van der Waals surface area contributed by atoms with Crippen molar-refractivity contribution in [3.63, 3.8) is 0 Å². The van der Waals surface area contributed by atoms with E-state index in [0.717, 1.165) is 0 Å². The van der Waals surface area contributed by atoms with Crippen LogP contribution in [0, 0.1) is 28.8 Å². The van der Waals surface area contributed by atoms with E-state index in [1.54, 1.807) is 6.07 Å². The summed E-state index contributed by atoms with van der Waals surface area (Å²) in [6.45, 7) is 0. The van der Waals surface area contributed by atoms with E-state index in [2.05, 4.69) is 0 Å². The summed E-state index contributed by atoms with van der Waals surface area (Å²) in [5.41, 5.74) is 5.18. The molecule has 1 atom stereocenters. The third-order valence-electron chi connectivity index (χ3n) is 1.75. The number of hydrogen-bond acceptors (Lipinski definition) is 2. The molecule has 0 heterocycles. The average Bonchev–Trinajstić information content (AvgIpc) is 2.11. The molecule has 0 radical (unpaired) electrons. The van der Waals surface area contributed by atoms with Crippen LogP contribution in [0.2, 0.25) is 0 Å². The molecule has 0 spiro atoms. The van der Waals surface area contributed by atoms with Gasteiger partial charge in [0.25, 0.3) is 0 Å². The van der Waals surface area contributed by atoms with Gasteiger partial charge in [-0.05, 0) is 6.07 Å². The number of rotatable bonds is 2. The summed E-state index contributed by atoms with van der Waals surface area (Å²) in [5.74, 6) is -3.38. The maximum absolute atomic E-state index is 13.0. The van der Waals surface area contributed by atoms with Gasteiger partial charge in [-0.25, -0.2) is 13.2 Å². The molecule has 0 amide bonds. The smallest absolute Gasteiger partial charge is 0.161 e. The molecule has 0 saturated heterocycles. The standard InChI is InChI=1S/C9H7F3N2.ClH/c10-6-4-8(12)7(11)3-5(6)9(14)1-2-13;/h3-4,9H,1,14H2;1H/t9-;/m1./s1. The van der Waals surface area contributed by atoms with Gasteiger partial charge in [-0.2, -0.15) is 5.26 Å².